The van der Waals surface area contributed by atoms with Crippen molar-refractivity contribution in [2.75, 3.05) is 13.2 Å². The summed E-state index contributed by atoms with van der Waals surface area (Å²) in [5, 5.41) is 0. The van der Waals surface area contributed by atoms with Gasteiger partial charge in [0.05, 0.1) is 13.2 Å². The SMILES string of the molecule is CCCCCCc1ccc(-c2ccc(-c3ccc(C)cc3)cc2OCCCC)c(OCCCC)c1. The monoisotopic (exact) mass is 472 g/mol. The van der Waals surface area contributed by atoms with Gasteiger partial charge >= 0.3 is 0 Å². The maximum atomic E-state index is 6.36. The standard InChI is InChI=1S/C33H44O2/c1-5-8-11-12-13-27-16-20-30(32(24-27)34-22-9-6-2)31-21-19-29(25-33(31)35-23-10-7-3)28-17-14-26(4)15-18-28/h14-21,24-25H,5-13,22-23H2,1-4H3. The highest BCUT2D eigenvalue weighted by Crippen LogP contribution is 2.40. The predicted molar refractivity (Wildman–Crippen MR) is 151 cm³/mol. The van der Waals surface area contributed by atoms with Gasteiger partial charge in [-0.15, -0.1) is 0 Å². The van der Waals surface area contributed by atoms with E-state index in [1.165, 1.54) is 47.9 Å². The van der Waals surface area contributed by atoms with Gasteiger partial charge in [-0.1, -0.05) is 101 Å². The van der Waals surface area contributed by atoms with E-state index >= 15 is 0 Å². The Labute approximate surface area is 213 Å². The molecule has 0 heterocycles. The third kappa shape index (κ3) is 8.16. The average Bonchev–Trinajstić information content (AvgIpc) is 2.88. The summed E-state index contributed by atoms with van der Waals surface area (Å²) in [7, 11) is 0. The molecule has 0 spiro atoms. The third-order valence-electron chi connectivity index (χ3n) is 6.53. The van der Waals surface area contributed by atoms with E-state index in [9.17, 15) is 0 Å². The van der Waals surface area contributed by atoms with Gasteiger partial charge in [-0.05, 0) is 67.5 Å². The van der Waals surface area contributed by atoms with E-state index in [1.807, 2.05) is 0 Å². The molecule has 0 aromatic heterocycles. The number of aryl methyl sites for hydroxylation is 2. The molecule has 35 heavy (non-hydrogen) atoms. The van der Waals surface area contributed by atoms with Crippen molar-refractivity contribution in [1.29, 1.82) is 0 Å². The molecule has 0 atom stereocenters. The van der Waals surface area contributed by atoms with Crippen molar-refractivity contribution >= 4 is 0 Å². The molecule has 0 fully saturated rings. The molecule has 0 unspecified atom stereocenters. The quantitative estimate of drug-likeness (QED) is 0.205. The molecule has 0 N–H and O–H groups in total. The fourth-order valence-electron chi connectivity index (χ4n) is 4.26. The molecule has 0 saturated carbocycles. The average molecular weight is 473 g/mol. The summed E-state index contributed by atoms with van der Waals surface area (Å²) in [6, 6.07) is 22.1. The van der Waals surface area contributed by atoms with Gasteiger partial charge in [-0.25, -0.2) is 0 Å². The van der Waals surface area contributed by atoms with Crippen molar-refractivity contribution in [3.05, 3.63) is 71.8 Å². The van der Waals surface area contributed by atoms with E-state index in [0.29, 0.717) is 0 Å². The van der Waals surface area contributed by atoms with Gasteiger partial charge in [0.1, 0.15) is 11.5 Å². The molecule has 3 aromatic carbocycles. The van der Waals surface area contributed by atoms with Crippen LogP contribution in [0.25, 0.3) is 22.3 Å². The molecule has 2 heteroatoms. The van der Waals surface area contributed by atoms with Crippen LogP contribution in [0, 0.1) is 6.92 Å². The molecule has 0 aliphatic carbocycles. The summed E-state index contributed by atoms with van der Waals surface area (Å²) in [6.45, 7) is 10.3. The first kappa shape index (κ1) is 26.9. The summed E-state index contributed by atoms with van der Waals surface area (Å²) in [5.41, 5.74) is 7.27. The minimum absolute atomic E-state index is 0.725. The van der Waals surface area contributed by atoms with Gasteiger partial charge in [-0.2, -0.15) is 0 Å². The highest BCUT2D eigenvalue weighted by molar-refractivity contribution is 5.80. The van der Waals surface area contributed by atoms with Crippen LogP contribution in [-0.4, -0.2) is 13.2 Å². The lowest BCUT2D eigenvalue weighted by atomic mass is 9.96. The lowest BCUT2D eigenvalue weighted by molar-refractivity contribution is 0.306. The van der Waals surface area contributed by atoms with E-state index in [4.69, 9.17) is 9.47 Å². The maximum absolute atomic E-state index is 6.36. The normalized spacial score (nSPS) is 11.0. The van der Waals surface area contributed by atoms with E-state index in [2.05, 4.69) is 88.4 Å². The Bertz CT molecular complexity index is 1020. The second-order valence-corrected chi connectivity index (χ2v) is 9.62. The Morgan fingerprint density at radius 2 is 1.11 bits per heavy atom. The van der Waals surface area contributed by atoms with Crippen LogP contribution in [0.1, 0.15) is 83.3 Å². The lowest BCUT2D eigenvalue weighted by Gasteiger charge is -2.18. The first-order valence-electron chi connectivity index (χ1n) is 13.8. The highest BCUT2D eigenvalue weighted by Gasteiger charge is 2.15. The van der Waals surface area contributed by atoms with Crippen LogP contribution in [0.4, 0.5) is 0 Å². The summed E-state index contributed by atoms with van der Waals surface area (Å²) in [5.74, 6) is 1.92. The van der Waals surface area contributed by atoms with Gasteiger partial charge in [0.25, 0.3) is 0 Å². The third-order valence-corrected chi connectivity index (χ3v) is 6.53. The van der Waals surface area contributed by atoms with Gasteiger partial charge in [0, 0.05) is 11.1 Å². The zero-order valence-corrected chi connectivity index (χ0v) is 22.4. The lowest BCUT2D eigenvalue weighted by Crippen LogP contribution is -2.02. The van der Waals surface area contributed by atoms with Crippen LogP contribution in [0.2, 0.25) is 0 Å². The molecule has 0 saturated heterocycles. The second-order valence-electron chi connectivity index (χ2n) is 9.62. The number of benzene rings is 3. The summed E-state index contributed by atoms with van der Waals surface area (Å²) in [6.07, 6.45) is 10.6. The van der Waals surface area contributed by atoms with E-state index in [0.717, 1.165) is 67.9 Å². The fourth-order valence-corrected chi connectivity index (χ4v) is 4.26. The summed E-state index contributed by atoms with van der Waals surface area (Å²) < 4.78 is 12.7. The molecule has 0 radical (unpaired) electrons. The predicted octanol–water partition coefficient (Wildman–Crippen LogP) is 9.81. The van der Waals surface area contributed by atoms with E-state index < -0.39 is 0 Å². The van der Waals surface area contributed by atoms with Crippen LogP contribution in [0.5, 0.6) is 11.5 Å². The zero-order chi connectivity index (χ0) is 24.9. The van der Waals surface area contributed by atoms with Crippen LogP contribution in [0.15, 0.2) is 60.7 Å². The van der Waals surface area contributed by atoms with Crippen LogP contribution < -0.4 is 9.47 Å². The van der Waals surface area contributed by atoms with Crippen LogP contribution in [0.3, 0.4) is 0 Å². The molecule has 188 valence electrons. The molecule has 3 rings (SSSR count). The van der Waals surface area contributed by atoms with Gasteiger partial charge < -0.3 is 9.47 Å². The molecule has 0 aliphatic rings. The smallest absolute Gasteiger partial charge is 0.127 e. The molecular weight excluding hydrogens is 428 g/mol. The Kier molecular flexibility index (Phi) is 11.2. The summed E-state index contributed by atoms with van der Waals surface area (Å²) >= 11 is 0. The summed E-state index contributed by atoms with van der Waals surface area (Å²) in [4.78, 5) is 0. The minimum atomic E-state index is 0.725. The topological polar surface area (TPSA) is 18.5 Å². The van der Waals surface area contributed by atoms with Crippen molar-refractivity contribution in [2.24, 2.45) is 0 Å². The number of unbranched alkanes of at least 4 members (excludes halogenated alkanes) is 5. The zero-order valence-electron chi connectivity index (χ0n) is 22.4. The van der Waals surface area contributed by atoms with Crippen molar-refractivity contribution in [2.45, 2.75) is 85.5 Å². The van der Waals surface area contributed by atoms with E-state index in [1.54, 1.807) is 0 Å². The largest absolute Gasteiger partial charge is 0.493 e. The molecule has 0 aliphatic heterocycles. The second kappa shape index (κ2) is 14.6. The van der Waals surface area contributed by atoms with Crippen molar-refractivity contribution in [1.82, 2.24) is 0 Å². The first-order valence-corrected chi connectivity index (χ1v) is 13.8. The molecule has 2 nitrogen and oxygen atoms in total. The molecule has 0 amide bonds. The van der Waals surface area contributed by atoms with Crippen LogP contribution >= 0.6 is 0 Å². The van der Waals surface area contributed by atoms with E-state index in [-0.39, 0.29) is 0 Å². The fraction of sp³-hybridized carbons (Fsp3) is 0.455. The Hall–Kier alpha value is -2.74. The van der Waals surface area contributed by atoms with Crippen molar-refractivity contribution in [3.63, 3.8) is 0 Å². The number of hydrogen-bond donors (Lipinski definition) is 0. The van der Waals surface area contributed by atoms with Gasteiger partial charge in [-0.3, -0.25) is 0 Å². The molecular formula is C33H44O2. The highest BCUT2D eigenvalue weighted by atomic mass is 16.5. The molecule has 0 bridgehead atoms. The minimum Gasteiger partial charge on any atom is -0.493 e. The Morgan fingerprint density at radius 1 is 0.543 bits per heavy atom. The number of rotatable bonds is 15. The Balaban J connectivity index is 1.96. The number of ether oxygens (including phenoxy) is 2. The Morgan fingerprint density at radius 3 is 1.74 bits per heavy atom. The van der Waals surface area contributed by atoms with Crippen LogP contribution in [-0.2, 0) is 6.42 Å². The molecule has 3 aromatic rings. The maximum Gasteiger partial charge on any atom is 0.127 e. The van der Waals surface area contributed by atoms with Gasteiger partial charge in [0.15, 0.2) is 0 Å². The van der Waals surface area contributed by atoms with Crippen molar-refractivity contribution < 1.29 is 9.47 Å². The number of hydrogen-bond acceptors (Lipinski definition) is 2. The first-order chi connectivity index (χ1) is 17.2. The van der Waals surface area contributed by atoms with Gasteiger partial charge in [0.2, 0.25) is 0 Å². The van der Waals surface area contributed by atoms with Crippen molar-refractivity contribution in [3.8, 4) is 33.8 Å².